The minimum absolute atomic E-state index is 0.309. The van der Waals surface area contributed by atoms with Crippen LogP contribution in [0.2, 0.25) is 0 Å². The Hall–Kier alpha value is -0.173. The van der Waals surface area contributed by atoms with Gasteiger partial charge in [-0.15, -0.1) is 0 Å². The maximum Gasteiger partial charge on any atom is 0.0296 e. The molecule has 0 aliphatic heterocycles. The summed E-state index contributed by atoms with van der Waals surface area (Å²) in [6.07, 6.45) is 4.14. The summed E-state index contributed by atoms with van der Waals surface area (Å²) in [6, 6.07) is 0. The van der Waals surface area contributed by atoms with Gasteiger partial charge in [-0.2, -0.15) is 0 Å². The Balaban J connectivity index is 3.69. The molecule has 0 nitrogen and oxygen atoms in total. The molecule has 1 heteroatoms. The third kappa shape index (κ3) is 5.83. The lowest BCUT2D eigenvalue weighted by molar-refractivity contribution is 0.545. The van der Waals surface area contributed by atoms with Gasteiger partial charge in [0.15, 0.2) is 0 Å². The van der Waals surface area contributed by atoms with E-state index >= 15 is 0 Å². The van der Waals surface area contributed by atoms with Crippen molar-refractivity contribution in [2.75, 3.05) is 0 Å². The van der Waals surface area contributed by atoms with Crippen LogP contribution >= 0.6 is 0 Å². The lowest BCUT2D eigenvalue weighted by Crippen LogP contribution is -1.98. The second-order valence-electron chi connectivity index (χ2n) is 2.89. The highest BCUT2D eigenvalue weighted by molar-refractivity contribution is 6.30. The molecule has 0 aromatic rings. The van der Waals surface area contributed by atoms with E-state index in [2.05, 4.69) is 36.7 Å². The van der Waals surface area contributed by atoms with Gasteiger partial charge in [-0.3, -0.25) is 0 Å². The molecule has 2 radical (unpaired) electrons. The van der Waals surface area contributed by atoms with Crippen LogP contribution in [-0.4, -0.2) is 15.5 Å². The van der Waals surface area contributed by atoms with Gasteiger partial charge < -0.3 is 0 Å². The Morgan fingerprint density at radius 3 is 1.88 bits per heavy atom. The highest BCUT2D eigenvalue weighted by Gasteiger charge is 2.01. The second-order valence-corrected chi connectivity index (χ2v) is 3.23. The quantitative estimate of drug-likeness (QED) is 0.465. The van der Waals surface area contributed by atoms with Crippen LogP contribution in [0.3, 0.4) is 0 Å². The molecule has 0 saturated carbocycles. The summed E-state index contributed by atoms with van der Waals surface area (Å²) in [5, 5.41) is 0. The Bertz CT molecular complexity index is 95.4. The average molecular weight is 124 g/mol. The van der Waals surface area contributed by atoms with Crippen LogP contribution in [0, 0.1) is 5.41 Å². The van der Waals surface area contributed by atoms with Crippen LogP contribution in [0.15, 0.2) is 12.2 Å². The zero-order chi connectivity index (χ0) is 6.62. The lowest BCUT2D eigenvalue weighted by atomic mass is 9.97. The highest BCUT2D eigenvalue weighted by atomic mass is 28.1. The minimum atomic E-state index is 0.309. The van der Waals surface area contributed by atoms with Crippen molar-refractivity contribution < 1.29 is 0 Å². The monoisotopic (exact) mass is 124 g/mol. The summed E-state index contributed by atoms with van der Waals surface area (Å²) < 4.78 is 0. The molecule has 0 atom stereocenters. The number of hydrogen-bond donors (Lipinski definition) is 0. The minimum Gasteiger partial charge on any atom is -0.0812 e. The van der Waals surface area contributed by atoms with Crippen molar-refractivity contribution in [1.82, 2.24) is 0 Å². The summed E-state index contributed by atoms with van der Waals surface area (Å²) in [7, 11) is 3.23. The van der Waals surface area contributed by atoms with Crippen molar-refractivity contribution in [3.63, 3.8) is 0 Å². The Labute approximate surface area is 54.7 Å². The number of rotatable bonds is 1. The smallest absolute Gasteiger partial charge is 0.0296 e. The Morgan fingerprint density at radius 2 is 1.75 bits per heavy atom. The van der Waals surface area contributed by atoms with E-state index in [9.17, 15) is 0 Å². The predicted molar refractivity (Wildman–Crippen MR) is 40.4 cm³/mol. The van der Waals surface area contributed by atoms with Gasteiger partial charge in [0.25, 0.3) is 0 Å². The first-order valence-electron chi connectivity index (χ1n) is 2.74. The molecule has 0 heterocycles. The molecule has 0 saturated heterocycles. The second kappa shape index (κ2) is 2.97. The largest absolute Gasteiger partial charge is 0.0812 e. The van der Waals surface area contributed by atoms with Gasteiger partial charge in [0.1, 0.15) is 0 Å². The molecule has 0 aromatic heterocycles. The Kier molecular flexibility index (Phi) is 2.91. The first-order chi connectivity index (χ1) is 3.56. The molecule has 0 bridgehead atoms. The van der Waals surface area contributed by atoms with E-state index in [1.54, 1.807) is 0 Å². The summed E-state index contributed by atoms with van der Waals surface area (Å²) >= 11 is 0. The van der Waals surface area contributed by atoms with Gasteiger partial charge >= 0.3 is 0 Å². The topological polar surface area (TPSA) is 0 Å². The van der Waals surface area contributed by atoms with Gasteiger partial charge in [-0.05, 0) is 5.41 Å². The molecule has 0 aliphatic rings. The molecule has 0 fully saturated rings. The molecule has 0 amide bonds. The summed E-state index contributed by atoms with van der Waals surface area (Å²) in [4.78, 5) is 0. The molecule has 0 N–H and O–H groups in total. The van der Waals surface area contributed by atoms with Crippen molar-refractivity contribution in [3.8, 4) is 0 Å². The third-order valence-corrected chi connectivity index (χ3v) is 0.885. The molecular weight excluding hydrogens is 112 g/mol. The van der Waals surface area contributed by atoms with Crippen LogP contribution in [0.1, 0.15) is 20.8 Å². The normalized spacial score (nSPS) is 12.4. The molecular formula is C7H12Si. The van der Waals surface area contributed by atoms with Crippen LogP contribution in [-0.2, 0) is 0 Å². The summed E-state index contributed by atoms with van der Waals surface area (Å²) in [5.74, 6) is 0. The van der Waals surface area contributed by atoms with Gasteiger partial charge in [0, 0.05) is 9.85 Å². The van der Waals surface area contributed by atoms with Crippen LogP contribution in [0.25, 0.3) is 0 Å². The van der Waals surface area contributed by atoms with Crippen LogP contribution in [0.4, 0.5) is 0 Å². The van der Waals surface area contributed by atoms with Gasteiger partial charge in [-0.25, -0.2) is 0 Å². The lowest BCUT2D eigenvalue weighted by Gasteiger charge is -2.09. The van der Waals surface area contributed by atoms with Crippen molar-refractivity contribution in [2.24, 2.45) is 5.41 Å². The van der Waals surface area contributed by atoms with Gasteiger partial charge in [0.2, 0.25) is 0 Å². The van der Waals surface area contributed by atoms with E-state index in [-0.39, 0.29) is 0 Å². The molecule has 0 aliphatic carbocycles. The van der Waals surface area contributed by atoms with E-state index in [1.165, 1.54) is 0 Å². The molecule has 0 unspecified atom stereocenters. The number of allylic oxidation sites excluding steroid dienone is 2. The fraction of sp³-hybridized carbons (Fsp3) is 0.571. The number of hydrogen-bond acceptors (Lipinski definition) is 0. The fourth-order valence-corrected chi connectivity index (χ4v) is 0.433. The SMILES string of the molecule is CC(C)(C)/C=C/C=[Si]. The zero-order valence-electron chi connectivity index (χ0n) is 5.73. The van der Waals surface area contributed by atoms with Crippen LogP contribution < -0.4 is 0 Å². The Morgan fingerprint density at radius 1 is 1.25 bits per heavy atom. The van der Waals surface area contributed by atoms with Gasteiger partial charge in [-0.1, -0.05) is 38.6 Å². The zero-order valence-corrected chi connectivity index (χ0v) is 6.73. The van der Waals surface area contributed by atoms with Gasteiger partial charge in [0.05, 0.1) is 0 Å². The third-order valence-electron chi connectivity index (χ3n) is 0.692. The molecule has 44 valence electrons. The first-order valence-corrected chi connectivity index (χ1v) is 3.32. The van der Waals surface area contributed by atoms with Crippen molar-refractivity contribution >= 4 is 15.5 Å². The van der Waals surface area contributed by atoms with E-state index in [4.69, 9.17) is 0 Å². The van der Waals surface area contributed by atoms with E-state index in [1.807, 2.05) is 11.7 Å². The molecule has 0 rings (SSSR count). The highest BCUT2D eigenvalue weighted by Crippen LogP contribution is 2.13. The first kappa shape index (κ1) is 7.83. The van der Waals surface area contributed by atoms with E-state index in [0.717, 1.165) is 0 Å². The molecule has 0 aromatic carbocycles. The predicted octanol–water partition coefficient (Wildman–Crippen LogP) is 1.56. The summed E-state index contributed by atoms with van der Waals surface area (Å²) in [6.45, 7) is 6.50. The maximum atomic E-state index is 3.23. The molecule has 0 spiro atoms. The van der Waals surface area contributed by atoms with Crippen LogP contribution in [0.5, 0.6) is 0 Å². The standard InChI is InChI=1S/C7H12Si/c1-7(2,3)5-4-6-8/h4-6H,1-3H3/b5-4+. The fourth-order valence-electron chi connectivity index (χ4n) is 0.337. The average Bonchev–Trinajstić information content (AvgIpc) is 1.59. The van der Waals surface area contributed by atoms with Crippen molar-refractivity contribution in [2.45, 2.75) is 20.8 Å². The van der Waals surface area contributed by atoms with E-state index in [0.29, 0.717) is 5.41 Å². The molecule has 8 heavy (non-hydrogen) atoms. The van der Waals surface area contributed by atoms with Crippen molar-refractivity contribution in [1.29, 1.82) is 0 Å². The maximum absolute atomic E-state index is 3.23. The summed E-state index contributed by atoms with van der Waals surface area (Å²) in [5.41, 5.74) is 2.16. The van der Waals surface area contributed by atoms with Crippen molar-refractivity contribution in [3.05, 3.63) is 12.2 Å². The van der Waals surface area contributed by atoms with E-state index < -0.39 is 0 Å².